The fourth-order valence-corrected chi connectivity index (χ4v) is 3.23. The summed E-state index contributed by atoms with van der Waals surface area (Å²) >= 11 is 6.00. The van der Waals surface area contributed by atoms with Crippen molar-refractivity contribution in [1.29, 1.82) is 0 Å². The maximum Gasteiger partial charge on any atom is 0.160 e. The third kappa shape index (κ3) is 5.17. The van der Waals surface area contributed by atoms with Crippen LogP contribution in [0.4, 0.5) is 0 Å². The Morgan fingerprint density at radius 3 is 2.29 bits per heavy atom. The Morgan fingerprint density at radius 1 is 1.17 bits per heavy atom. The van der Waals surface area contributed by atoms with E-state index in [1.54, 1.807) is 12.1 Å². The first-order chi connectivity index (χ1) is 11.4. The maximum absolute atomic E-state index is 11.6. The van der Waals surface area contributed by atoms with Gasteiger partial charge in [-0.2, -0.15) is 0 Å². The van der Waals surface area contributed by atoms with Gasteiger partial charge in [-0.1, -0.05) is 56.8 Å². The van der Waals surface area contributed by atoms with Crippen LogP contribution in [0.5, 0.6) is 0 Å². The van der Waals surface area contributed by atoms with E-state index in [0.717, 1.165) is 24.8 Å². The predicted octanol–water partition coefficient (Wildman–Crippen LogP) is 3.49. The Morgan fingerprint density at radius 2 is 1.79 bits per heavy atom. The molecule has 0 amide bonds. The number of aliphatic hydroxyl groups is 2. The molecule has 138 valence electrons. The highest BCUT2D eigenvalue weighted by Crippen LogP contribution is 2.33. The molecule has 1 rings (SSSR count). The maximum atomic E-state index is 11.6. The molecule has 0 radical (unpaired) electrons. The summed E-state index contributed by atoms with van der Waals surface area (Å²) in [6, 6.07) is 6.53. The average Bonchev–Trinajstić information content (AvgIpc) is 2.60. The summed E-state index contributed by atoms with van der Waals surface area (Å²) in [5, 5.41) is 21.9. The zero-order chi connectivity index (χ0) is 18.2. The lowest BCUT2D eigenvalue weighted by Gasteiger charge is -2.46. The molecule has 0 aliphatic carbocycles. The lowest BCUT2D eigenvalue weighted by molar-refractivity contribution is -0.157. The van der Waals surface area contributed by atoms with Crippen LogP contribution >= 0.6 is 11.6 Å². The molecule has 5 heteroatoms. The van der Waals surface area contributed by atoms with Gasteiger partial charge in [0.05, 0.1) is 12.6 Å². The summed E-state index contributed by atoms with van der Waals surface area (Å²) in [5.41, 5.74) is 5.73. The number of nitrogens with two attached hydrogens (primary N) is 1. The molecule has 0 aromatic heterocycles. The zero-order valence-electron chi connectivity index (χ0n) is 15.2. The van der Waals surface area contributed by atoms with Crippen molar-refractivity contribution in [2.45, 2.75) is 70.7 Å². The van der Waals surface area contributed by atoms with Gasteiger partial charge >= 0.3 is 0 Å². The van der Waals surface area contributed by atoms with Gasteiger partial charge in [-0.15, -0.1) is 0 Å². The summed E-state index contributed by atoms with van der Waals surface area (Å²) in [6.07, 6.45) is 5.02. The standard InChI is InChI=1S/C19H33ClN2O2/c1-4-6-7-8-13-22(15(3)14-23)19(24,18(21)5-2)16-9-11-17(20)12-10-16/h9-12,15,18,23-24H,4-8,13-14,21H2,1-3H3. The van der Waals surface area contributed by atoms with E-state index in [2.05, 4.69) is 6.92 Å². The van der Waals surface area contributed by atoms with Crippen molar-refractivity contribution in [3.63, 3.8) is 0 Å². The minimum atomic E-state index is -1.33. The smallest absolute Gasteiger partial charge is 0.160 e. The zero-order valence-corrected chi connectivity index (χ0v) is 16.0. The molecule has 3 unspecified atom stereocenters. The van der Waals surface area contributed by atoms with Crippen LogP contribution in [-0.2, 0) is 5.72 Å². The molecule has 0 saturated heterocycles. The largest absolute Gasteiger partial charge is 0.395 e. The number of benzene rings is 1. The summed E-state index contributed by atoms with van der Waals surface area (Å²) in [7, 11) is 0. The molecule has 0 bridgehead atoms. The minimum Gasteiger partial charge on any atom is -0.395 e. The summed E-state index contributed by atoms with van der Waals surface area (Å²) in [4.78, 5) is 1.94. The third-order valence-electron chi connectivity index (χ3n) is 4.71. The second-order valence-electron chi connectivity index (χ2n) is 6.53. The Bertz CT molecular complexity index is 469. The van der Waals surface area contributed by atoms with Crippen molar-refractivity contribution in [2.75, 3.05) is 13.2 Å². The van der Waals surface area contributed by atoms with Crippen LogP contribution in [0, 0.1) is 0 Å². The molecule has 0 spiro atoms. The highest BCUT2D eigenvalue weighted by molar-refractivity contribution is 6.30. The highest BCUT2D eigenvalue weighted by atomic mass is 35.5. The lowest BCUT2D eigenvalue weighted by Crippen LogP contribution is -2.61. The van der Waals surface area contributed by atoms with E-state index in [-0.39, 0.29) is 12.6 Å². The number of rotatable bonds is 11. The second-order valence-corrected chi connectivity index (χ2v) is 6.97. The molecule has 0 fully saturated rings. The van der Waals surface area contributed by atoms with Crippen LogP contribution in [-0.4, -0.2) is 40.3 Å². The Kier molecular flexibility index (Phi) is 9.24. The Hall–Kier alpha value is -0.650. The van der Waals surface area contributed by atoms with Crippen LogP contribution in [0.3, 0.4) is 0 Å². The molecule has 0 aliphatic heterocycles. The average molecular weight is 357 g/mol. The molecule has 24 heavy (non-hydrogen) atoms. The molecule has 0 heterocycles. The topological polar surface area (TPSA) is 69.7 Å². The number of hydrogen-bond donors (Lipinski definition) is 3. The van der Waals surface area contributed by atoms with E-state index in [0.29, 0.717) is 18.0 Å². The van der Waals surface area contributed by atoms with Crippen LogP contribution in [0.15, 0.2) is 24.3 Å². The van der Waals surface area contributed by atoms with E-state index in [9.17, 15) is 10.2 Å². The van der Waals surface area contributed by atoms with Crippen LogP contribution < -0.4 is 5.73 Å². The van der Waals surface area contributed by atoms with Gasteiger partial charge in [0.25, 0.3) is 0 Å². The summed E-state index contributed by atoms with van der Waals surface area (Å²) in [6.45, 7) is 6.72. The van der Waals surface area contributed by atoms with Crippen LogP contribution in [0.2, 0.25) is 5.02 Å². The first-order valence-electron chi connectivity index (χ1n) is 9.03. The van der Waals surface area contributed by atoms with Crippen molar-refractivity contribution < 1.29 is 10.2 Å². The SMILES string of the molecule is CCCCCCN(C(C)CO)C(O)(c1ccc(Cl)cc1)C(N)CC. The third-order valence-corrected chi connectivity index (χ3v) is 4.96. The van der Waals surface area contributed by atoms with Gasteiger partial charge in [0, 0.05) is 23.2 Å². The number of nitrogens with zero attached hydrogens (tertiary/aromatic N) is 1. The molecule has 0 saturated carbocycles. The molecule has 4 N–H and O–H groups in total. The number of unbranched alkanes of at least 4 members (excludes halogenated alkanes) is 3. The van der Waals surface area contributed by atoms with E-state index in [1.807, 2.05) is 30.9 Å². The van der Waals surface area contributed by atoms with Crippen molar-refractivity contribution in [2.24, 2.45) is 5.73 Å². The first-order valence-corrected chi connectivity index (χ1v) is 9.41. The van der Waals surface area contributed by atoms with E-state index in [4.69, 9.17) is 17.3 Å². The normalized spacial score (nSPS) is 16.8. The number of hydrogen-bond acceptors (Lipinski definition) is 4. The van der Waals surface area contributed by atoms with Crippen molar-refractivity contribution in [1.82, 2.24) is 4.90 Å². The lowest BCUT2D eigenvalue weighted by atomic mass is 9.90. The first kappa shape index (κ1) is 21.4. The Labute approximate surface area is 151 Å². The van der Waals surface area contributed by atoms with Crippen molar-refractivity contribution >= 4 is 11.6 Å². The van der Waals surface area contributed by atoms with Gasteiger partial charge in [0.2, 0.25) is 0 Å². The molecular formula is C19H33ClN2O2. The molecule has 1 aromatic carbocycles. The summed E-state index contributed by atoms with van der Waals surface area (Å²) < 4.78 is 0. The highest BCUT2D eigenvalue weighted by Gasteiger charge is 2.43. The fraction of sp³-hybridized carbons (Fsp3) is 0.684. The van der Waals surface area contributed by atoms with Gasteiger partial charge in [-0.25, -0.2) is 0 Å². The van der Waals surface area contributed by atoms with E-state index in [1.165, 1.54) is 6.42 Å². The second kappa shape index (κ2) is 10.4. The molecule has 3 atom stereocenters. The van der Waals surface area contributed by atoms with Gasteiger partial charge in [-0.05, 0) is 31.9 Å². The van der Waals surface area contributed by atoms with Gasteiger partial charge in [0.15, 0.2) is 5.72 Å². The Balaban J connectivity index is 3.17. The van der Waals surface area contributed by atoms with Crippen LogP contribution in [0.25, 0.3) is 0 Å². The number of aliphatic hydroxyl groups excluding tert-OH is 1. The van der Waals surface area contributed by atoms with Gasteiger partial charge < -0.3 is 15.9 Å². The monoisotopic (exact) mass is 356 g/mol. The summed E-state index contributed by atoms with van der Waals surface area (Å²) in [5.74, 6) is 0. The van der Waals surface area contributed by atoms with E-state index < -0.39 is 11.8 Å². The minimum absolute atomic E-state index is 0.0277. The fourth-order valence-electron chi connectivity index (χ4n) is 3.11. The van der Waals surface area contributed by atoms with Crippen molar-refractivity contribution in [3.8, 4) is 0 Å². The predicted molar refractivity (Wildman–Crippen MR) is 101 cm³/mol. The van der Waals surface area contributed by atoms with E-state index >= 15 is 0 Å². The number of halogens is 1. The molecule has 1 aromatic rings. The molecule has 0 aliphatic rings. The van der Waals surface area contributed by atoms with Crippen LogP contribution in [0.1, 0.15) is 58.4 Å². The quantitative estimate of drug-likeness (QED) is 0.419. The molecule has 4 nitrogen and oxygen atoms in total. The molecular weight excluding hydrogens is 324 g/mol. The van der Waals surface area contributed by atoms with Gasteiger partial charge in [-0.3, -0.25) is 4.90 Å². The van der Waals surface area contributed by atoms with Crippen molar-refractivity contribution in [3.05, 3.63) is 34.9 Å². The van der Waals surface area contributed by atoms with Gasteiger partial charge in [0.1, 0.15) is 0 Å².